The van der Waals surface area contributed by atoms with Crippen LogP contribution in [0.15, 0.2) is 45.6 Å². The average Bonchev–Trinajstić information content (AvgIpc) is 2.81. The summed E-state index contributed by atoms with van der Waals surface area (Å²) in [6.45, 7) is 0. The van der Waals surface area contributed by atoms with Crippen LogP contribution in [0.4, 0.5) is 15.8 Å². The van der Waals surface area contributed by atoms with E-state index in [1.54, 1.807) is 18.2 Å². The van der Waals surface area contributed by atoms with Gasteiger partial charge in [0.05, 0.1) is 11.2 Å². The van der Waals surface area contributed by atoms with Crippen molar-refractivity contribution in [1.82, 2.24) is 4.98 Å². The van der Waals surface area contributed by atoms with Crippen LogP contribution in [0, 0.1) is 5.82 Å². The predicted molar refractivity (Wildman–Crippen MR) is 75.6 cm³/mol. The lowest BCUT2D eigenvalue weighted by Crippen LogP contribution is -2.12. The molecule has 21 heavy (non-hydrogen) atoms. The molecule has 0 aliphatic rings. The lowest BCUT2D eigenvalue weighted by atomic mass is 10.2. The Hall–Kier alpha value is -3.09. The molecule has 3 rings (SSSR count). The number of anilines is 2. The highest BCUT2D eigenvalue weighted by atomic mass is 19.1. The lowest BCUT2D eigenvalue weighted by Gasteiger charge is -2.06. The molecular weight excluding hydrogens is 277 g/mol. The maximum absolute atomic E-state index is 13.3. The number of hydrogen-bond donors (Lipinski definition) is 3. The number of carbonyl (C=O) groups excluding carboxylic acids is 1. The number of rotatable bonds is 2. The number of nitrogen functional groups attached to an aromatic ring is 1. The van der Waals surface area contributed by atoms with Crippen molar-refractivity contribution in [2.45, 2.75) is 0 Å². The zero-order valence-electron chi connectivity index (χ0n) is 10.6. The van der Waals surface area contributed by atoms with E-state index < -0.39 is 17.5 Å². The van der Waals surface area contributed by atoms with Gasteiger partial charge in [-0.1, -0.05) is 0 Å². The van der Waals surface area contributed by atoms with Crippen molar-refractivity contribution in [2.75, 3.05) is 11.1 Å². The molecule has 4 N–H and O–H groups in total. The number of H-pyrrole nitrogens is 1. The van der Waals surface area contributed by atoms with Crippen LogP contribution in [-0.2, 0) is 0 Å². The molecule has 106 valence electrons. The molecule has 0 spiro atoms. The molecule has 6 nitrogen and oxygen atoms in total. The van der Waals surface area contributed by atoms with E-state index in [1.165, 1.54) is 12.1 Å². The van der Waals surface area contributed by atoms with Crippen LogP contribution in [0.1, 0.15) is 10.4 Å². The van der Waals surface area contributed by atoms with Crippen molar-refractivity contribution in [3.63, 3.8) is 0 Å². The molecule has 0 aliphatic heterocycles. The molecule has 0 saturated heterocycles. The Kier molecular flexibility index (Phi) is 2.94. The van der Waals surface area contributed by atoms with E-state index >= 15 is 0 Å². The molecule has 0 saturated carbocycles. The monoisotopic (exact) mass is 287 g/mol. The average molecular weight is 287 g/mol. The summed E-state index contributed by atoms with van der Waals surface area (Å²) in [6, 6.07) is 8.47. The fourth-order valence-electron chi connectivity index (χ4n) is 1.90. The Morgan fingerprint density at radius 1 is 1.24 bits per heavy atom. The third-order valence-corrected chi connectivity index (χ3v) is 2.94. The zero-order valence-corrected chi connectivity index (χ0v) is 10.6. The molecule has 0 unspecified atom stereocenters. The number of nitrogens with one attached hydrogen (secondary N) is 2. The highest BCUT2D eigenvalue weighted by molar-refractivity contribution is 6.05. The third-order valence-electron chi connectivity index (χ3n) is 2.94. The number of aromatic amines is 1. The molecule has 0 bridgehead atoms. The van der Waals surface area contributed by atoms with Crippen molar-refractivity contribution in [1.29, 1.82) is 0 Å². The summed E-state index contributed by atoms with van der Waals surface area (Å²) in [5.41, 5.74) is 6.76. The van der Waals surface area contributed by atoms with Crippen molar-refractivity contribution in [2.24, 2.45) is 0 Å². The van der Waals surface area contributed by atoms with Gasteiger partial charge in [-0.25, -0.2) is 9.18 Å². The summed E-state index contributed by atoms with van der Waals surface area (Å²) in [5, 5.41) is 2.60. The molecule has 7 heteroatoms. The van der Waals surface area contributed by atoms with Gasteiger partial charge in [-0.3, -0.25) is 9.78 Å². The highest BCUT2D eigenvalue weighted by Gasteiger charge is 2.10. The van der Waals surface area contributed by atoms with Crippen molar-refractivity contribution in [3.05, 3.63) is 58.3 Å². The van der Waals surface area contributed by atoms with E-state index in [0.29, 0.717) is 16.8 Å². The van der Waals surface area contributed by atoms with Gasteiger partial charge in [-0.2, -0.15) is 0 Å². The Labute approximate surface area is 117 Å². The van der Waals surface area contributed by atoms with Crippen LogP contribution in [0.5, 0.6) is 0 Å². The Balaban J connectivity index is 1.88. The maximum Gasteiger partial charge on any atom is 0.417 e. The van der Waals surface area contributed by atoms with Gasteiger partial charge in [0.1, 0.15) is 5.82 Å². The van der Waals surface area contributed by atoms with E-state index in [9.17, 15) is 14.0 Å². The molecule has 1 heterocycles. The first-order valence-electron chi connectivity index (χ1n) is 6.02. The largest absolute Gasteiger partial charge is 0.417 e. The predicted octanol–water partition coefficient (Wildman–Crippen LogP) is 2.09. The Bertz CT molecular complexity index is 898. The van der Waals surface area contributed by atoms with E-state index in [0.717, 1.165) is 6.07 Å². The molecule has 0 atom stereocenters. The molecule has 2 aromatic carbocycles. The number of oxazole rings is 1. The molecule has 0 fully saturated rings. The standard InChI is InChI=1S/C14H10FN3O3/c15-9-5-7(1-3-10(9)16)13(19)17-8-2-4-12-11(6-8)18-14(20)21-12/h1-6H,16H2,(H,17,19)(H,18,20). The number of carbonyl (C=O) groups is 1. The number of hydrogen-bond acceptors (Lipinski definition) is 4. The van der Waals surface area contributed by atoms with Gasteiger partial charge in [-0.15, -0.1) is 0 Å². The fourth-order valence-corrected chi connectivity index (χ4v) is 1.90. The number of amides is 1. The molecule has 3 aromatic rings. The van der Waals surface area contributed by atoms with Crippen molar-refractivity contribution >= 4 is 28.4 Å². The summed E-state index contributed by atoms with van der Waals surface area (Å²) < 4.78 is 18.2. The SMILES string of the molecule is Nc1ccc(C(=O)Nc2ccc3oc(=O)[nH]c3c2)cc1F. The number of aromatic nitrogens is 1. The third kappa shape index (κ3) is 2.48. The number of benzene rings is 2. The highest BCUT2D eigenvalue weighted by Crippen LogP contribution is 2.18. The van der Waals surface area contributed by atoms with Crippen LogP contribution in [0.2, 0.25) is 0 Å². The first-order chi connectivity index (χ1) is 10.0. The number of nitrogens with two attached hydrogens (primary N) is 1. The first kappa shape index (κ1) is 12.9. The zero-order chi connectivity index (χ0) is 15.0. The maximum atomic E-state index is 13.3. The molecule has 0 radical (unpaired) electrons. The van der Waals surface area contributed by atoms with Gasteiger partial charge in [0.2, 0.25) is 0 Å². The van der Waals surface area contributed by atoms with E-state index in [4.69, 9.17) is 10.2 Å². The minimum atomic E-state index is -0.655. The summed E-state index contributed by atoms with van der Waals surface area (Å²) >= 11 is 0. The fraction of sp³-hybridized carbons (Fsp3) is 0. The molecule has 0 aliphatic carbocycles. The minimum Gasteiger partial charge on any atom is -0.408 e. The van der Waals surface area contributed by atoms with E-state index in [-0.39, 0.29) is 11.3 Å². The Morgan fingerprint density at radius 3 is 2.81 bits per heavy atom. The van der Waals surface area contributed by atoms with Crippen LogP contribution < -0.4 is 16.8 Å². The minimum absolute atomic E-state index is 0.0241. The van der Waals surface area contributed by atoms with Crippen molar-refractivity contribution < 1.29 is 13.6 Å². The summed E-state index contributed by atoms with van der Waals surface area (Å²) in [7, 11) is 0. The summed E-state index contributed by atoms with van der Waals surface area (Å²) in [6.07, 6.45) is 0. The van der Waals surface area contributed by atoms with Crippen molar-refractivity contribution in [3.8, 4) is 0 Å². The van der Waals surface area contributed by atoms with Crippen LogP contribution >= 0.6 is 0 Å². The Morgan fingerprint density at radius 2 is 2.05 bits per heavy atom. The van der Waals surface area contributed by atoms with E-state index in [2.05, 4.69) is 10.3 Å². The van der Waals surface area contributed by atoms with Crippen LogP contribution in [0.3, 0.4) is 0 Å². The second kappa shape index (κ2) is 4.78. The van der Waals surface area contributed by atoms with Gasteiger partial charge in [0.15, 0.2) is 5.58 Å². The van der Waals surface area contributed by atoms with Crippen LogP contribution in [0.25, 0.3) is 11.1 Å². The van der Waals surface area contributed by atoms with Gasteiger partial charge in [0, 0.05) is 11.3 Å². The molecular formula is C14H10FN3O3. The quantitative estimate of drug-likeness (QED) is 0.628. The second-order valence-electron chi connectivity index (χ2n) is 4.42. The summed E-state index contributed by atoms with van der Waals surface area (Å²) in [4.78, 5) is 25.5. The number of halogens is 1. The topological polar surface area (TPSA) is 101 Å². The lowest BCUT2D eigenvalue weighted by molar-refractivity contribution is 0.102. The second-order valence-corrected chi connectivity index (χ2v) is 4.42. The van der Waals surface area contributed by atoms with Crippen LogP contribution in [-0.4, -0.2) is 10.9 Å². The molecule has 1 aromatic heterocycles. The van der Waals surface area contributed by atoms with E-state index in [1.807, 2.05) is 0 Å². The van der Waals surface area contributed by atoms with Gasteiger partial charge in [0.25, 0.3) is 5.91 Å². The summed E-state index contributed by atoms with van der Waals surface area (Å²) in [5.74, 6) is -1.72. The van der Waals surface area contributed by atoms with Gasteiger partial charge in [-0.05, 0) is 36.4 Å². The number of fused-ring (bicyclic) bond motifs is 1. The molecule has 1 amide bonds. The first-order valence-corrected chi connectivity index (χ1v) is 6.02. The smallest absolute Gasteiger partial charge is 0.408 e. The van der Waals surface area contributed by atoms with Gasteiger partial charge < -0.3 is 15.5 Å². The normalized spacial score (nSPS) is 10.7. The van der Waals surface area contributed by atoms with Gasteiger partial charge >= 0.3 is 5.76 Å².